The predicted molar refractivity (Wildman–Crippen MR) is 71.1 cm³/mol. The first-order valence-corrected chi connectivity index (χ1v) is 7.33. The lowest BCUT2D eigenvalue weighted by molar-refractivity contribution is 0.579. The first-order chi connectivity index (χ1) is 9.53. The third-order valence-corrected chi connectivity index (χ3v) is 4.17. The van der Waals surface area contributed by atoms with Gasteiger partial charge >= 0.3 is 0 Å². The standard InChI is InChI=1S/C12H13N5O2S/c1-17-7-6-14-12(17)4-5-16-20(18,19)11-3-2-10(8-13)15-9-11/h2-3,6-7,9,16H,4-5H2,1H3. The molecule has 0 bridgehead atoms. The number of aryl methyl sites for hydroxylation is 1. The maximum absolute atomic E-state index is 12.0. The summed E-state index contributed by atoms with van der Waals surface area (Å²) in [5.74, 6) is 0.797. The van der Waals surface area contributed by atoms with Gasteiger partial charge in [0.15, 0.2) is 0 Å². The molecule has 0 aliphatic carbocycles. The maximum Gasteiger partial charge on any atom is 0.242 e. The second-order valence-electron chi connectivity index (χ2n) is 4.09. The molecular formula is C12H13N5O2S. The van der Waals surface area contributed by atoms with E-state index in [2.05, 4.69) is 14.7 Å². The molecule has 0 spiro atoms. The van der Waals surface area contributed by atoms with Gasteiger partial charge in [0.2, 0.25) is 10.0 Å². The molecule has 104 valence electrons. The molecule has 7 nitrogen and oxygen atoms in total. The Labute approximate surface area is 117 Å². The van der Waals surface area contributed by atoms with Gasteiger partial charge in [0.05, 0.1) is 0 Å². The van der Waals surface area contributed by atoms with Crippen LogP contribution in [0.4, 0.5) is 0 Å². The summed E-state index contributed by atoms with van der Waals surface area (Å²) in [7, 11) is -1.76. The summed E-state index contributed by atoms with van der Waals surface area (Å²) in [6, 6.07) is 4.56. The van der Waals surface area contributed by atoms with Crippen LogP contribution in [-0.4, -0.2) is 29.5 Å². The van der Waals surface area contributed by atoms with Crippen LogP contribution in [0.2, 0.25) is 0 Å². The van der Waals surface area contributed by atoms with Crippen molar-refractivity contribution in [3.05, 3.63) is 42.2 Å². The monoisotopic (exact) mass is 291 g/mol. The van der Waals surface area contributed by atoms with Gasteiger partial charge in [-0.05, 0) is 12.1 Å². The highest BCUT2D eigenvalue weighted by molar-refractivity contribution is 7.89. The van der Waals surface area contributed by atoms with Gasteiger partial charge in [0.1, 0.15) is 22.5 Å². The third-order valence-electron chi connectivity index (χ3n) is 2.72. The molecule has 2 rings (SSSR count). The van der Waals surface area contributed by atoms with Crippen molar-refractivity contribution in [3.8, 4) is 6.07 Å². The number of aromatic nitrogens is 3. The van der Waals surface area contributed by atoms with Crippen molar-refractivity contribution in [2.45, 2.75) is 11.3 Å². The Kier molecular flexibility index (Phi) is 4.12. The number of rotatable bonds is 5. The van der Waals surface area contributed by atoms with Gasteiger partial charge in [0.25, 0.3) is 0 Å². The number of nitriles is 1. The van der Waals surface area contributed by atoms with Crippen LogP contribution in [0.5, 0.6) is 0 Å². The highest BCUT2D eigenvalue weighted by Crippen LogP contribution is 2.07. The second-order valence-corrected chi connectivity index (χ2v) is 5.86. The molecule has 2 aromatic heterocycles. The fourth-order valence-electron chi connectivity index (χ4n) is 1.62. The summed E-state index contributed by atoms with van der Waals surface area (Å²) in [5, 5.41) is 8.62. The van der Waals surface area contributed by atoms with E-state index in [9.17, 15) is 8.42 Å². The number of nitrogens with zero attached hydrogens (tertiary/aromatic N) is 4. The summed E-state index contributed by atoms with van der Waals surface area (Å²) in [6.45, 7) is 0.243. The predicted octanol–water partition coefficient (Wildman–Crippen LogP) is 0.208. The van der Waals surface area contributed by atoms with Crippen molar-refractivity contribution in [2.24, 2.45) is 7.05 Å². The quantitative estimate of drug-likeness (QED) is 0.848. The molecule has 1 N–H and O–H groups in total. The number of nitrogens with one attached hydrogen (secondary N) is 1. The Morgan fingerprint density at radius 3 is 2.75 bits per heavy atom. The minimum Gasteiger partial charge on any atom is -0.338 e. The second kappa shape index (κ2) is 5.81. The molecule has 0 aliphatic rings. The van der Waals surface area contributed by atoms with E-state index in [0.717, 1.165) is 5.82 Å². The average Bonchev–Trinajstić information content (AvgIpc) is 2.84. The van der Waals surface area contributed by atoms with Crippen molar-refractivity contribution in [3.63, 3.8) is 0 Å². The van der Waals surface area contributed by atoms with Crippen molar-refractivity contribution in [1.82, 2.24) is 19.3 Å². The summed E-state index contributed by atoms with van der Waals surface area (Å²) in [6.07, 6.45) is 5.12. The number of imidazole rings is 1. The summed E-state index contributed by atoms with van der Waals surface area (Å²) < 4.78 is 28.3. The van der Waals surface area contributed by atoms with E-state index in [0.29, 0.717) is 6.42 Å². The highest BCUT2D eigenvalue weighted by atomic mass is 32.2. The first-order valence-electron chi connectivity index (χ1n) is 5.85. The van der Waals surface area contributed by atoms with Gasteiger partial charge < -0.3 is 4.57 Å². The molecule has 0 unspecified atom stereocenters. The van der Waals surface area contributed by atoms with Gasteiger partial charge in [-0.15, -0.1) is 0 Å². The van der Waals surface area contributed by atoms with Crippen LogP contribution >= 0.6 is 0 Å². The molecule has 2 aromatic rings. The molecule has 0 saturated carbocycles. The molecule has 0 radical (unpaired) electrons. The van der Waals surface area contributed by atoms with Crippen molar-refractivity contribution in [2.75, 3.05) is 6.54 Å². The average molecular weight is 291 g/mol. The summed E-state index contributed by atoms with van der Waals surface area (Å²) in [5.41, 5.74) is 0.178. The fraction of sp³-hybridized carbons (Fsp3) is 0.250. The summed E-state index contributed by atoms with van der Waals surface area (Å²) >= 11 is 0. The lowest BCUT2D eigenvalue weighted by Crippen LogP contribution is -2.26. The lowest BCUT2D eigenvalue weighted by atomic mass is 10.4. The van der Waals surface area contributed by atoms with E-state index in [1.165, 1.54) is 18.3 Å². The van der Waals surface area contributed by atoms with Gasteiger partial charge in [-0.1, -0.05) is 0 Å². The minimum absolute atomic E-state index is 0.0383. The topological polar surface area (TPSA) is 101 Å². The van der Waals surface area contributed by atoms with Crippen LogP contribution in [-0.2, 0) is 23.5 Å². The maximum atomic E-state index is 12.0. The van der Waals surface area contributed by atoms with E-state index in [1.54, 1.807) is 12.4 Å². The van der Waals surface area contributed by atoms with Crippen LogP contribution in [0.3, 0.4) is 0 Å². The molecule has 0 amide bonds. The van der Waals surface area contributed by atoms with E-state index in [1.807, 2.05) is 17.7 Å². The SMILES string of the molecule is Cn1ccnc1CCNS(=O)(=O)c1ccc(C#N)nc1. The molecule has 20 heavy (non-hydrogen) atoms. The summed E-state index contributed by atoms with van der Waals surface area (Å²) in [4.78, 5) is 7.89. The number of hydrogen-bond donors (Lipinski definition) is 1. The van der Waals surface area contributed by atoms with Crippen molar-refractivity contribution >= 4 is 10.0 Å². The Bertz CT molecular complexity index is 728. The number of hydrogen-bond acceptors (Lipinski definition) is 5. The molecule has 0 fully saturated rings. The van der Waals surface area contributed by atoms with Gasteiger partial charge in [0, 0.05) is 38.6 Å². The molecular weight excluding hydrogens is 278 g/mol. The third kappa shape index (κ3) is 3.20. The molecule has 8 heteroatoms. The molecule has 0 atom stereocenters. The Balaban J connectivity index is 2.00. The minimum atomic E-state index is -3.61. The van der Waals surface area contributed by atoms with E-state index in [-0.39, 0.29) is 17.1 Å². The van der Waals surface area contributed by atoms with Crippen LogP contribution in [0, 0.1) is 11.3 Å². The fourth-order valence-corrected chi connectivity index (χ4v) is 2.60. The Hall–Kier alpha value is -2.24. The van der Waals surface area contributed by atoms with E-state index >= 15 is 0 Å². The molecule has 0 saturated heterocycles. The zero-order valence-corrected chi connectivity index (χ0v) is 11.6. The number of pyridine rings is 1. The van der Waals surface area contributed by atoms with Crippen molar-refractivity contribution in [1.29, 1.82) is 5.26 Å². The van der Waals surface area contributed by atoms with Crippen molar-refractivity contribution < 1.29 is 8.42 Å². The van der Waals surface area contributed by atoms with Crippen LogP contribution < -0.4 is 4.72 Å². The first kappa shape index (κ1) is 14.2. The Morgan fingerprint density at radius 1 is 1.40 bits per heavy atom. The van der Waals surface area contributed by atoms with Gasteiger partial charge in [-0.25, -0.2) is 23.1 Å². The normalized spacial score (nSPS) is 11.2. The van der Waals surface area contributed by atoms with Crippen LogP contribution in [0.25, 0.3) is 0 Å². The van der Waals surface area contributed by atoms with Gasteiger partial charge in [-0.3, -0.25) is 0 Å². The van der Waals surface area contributed by atoms with Crippen LogP contribution in [0.1, 0.15) is 11.5 Å². The number of sulfonamides is 1. The highest BCUT2D eigenvalue weighted by Gasteiger charge is 2.14. The lowest BCUT2D eigenvalue weighted by Gasteiger charge is -2.06. The smallest absolute Gasteiger partial charge is 0.242 e. The largest absolute Gasteiger partial charge is 0.338 e. The van der Waals surface area contributed by atoms with E-state index < -0.39 is 10.0 Å². The molecule has 0 aromatic carbocycles. The van der Waals surface area contributed by atoms with Crippen LogP contribution in [0.15, 0.2) is 35.6 Å². The molecule has 0 aliphatic heterocycles. The Morgan fingerprint density at radius 2 is 2.20 bits per heavy atom. The molecule has 2 heterocycles. The zero-order chi connectivity index (χ0) is 14.6. The zero-order valence-electron chi connectivity index (χ0n) is 10.8. The van der Waals surface area contributed by atoms with E-state index in [4.69, 9.17) is 5.26 Å². The van der Waals surface area contributed by atoms with Gasteiger partial charge in [-0.2, -0.15) is 5.26 Å².